The van der Waals surface area contributed by atoms with E-state index in [1.807, 2.05) is 6.92 Å². The van der Waals surface area contributed by atoms with Crippen LogP contribution in [0.2, 0.25) is 0 Å². The van der Waals surface area contributed by atoms with Crippen LogP contribution in [0.5, 0.6) is 0 Å². The fourth-order valence-corrected chi connectivity index (χ4v) is 3.19. The Balaban J connectivity index is 2.33. The zero-order valence-corrected chi connectivity index (χ0v) is 13.8. The Morgan fingerprint density at radius 1 is 1.17 bits per heavy atom. The van der Waals surface area contributed by atoms with Crippen LogP contribution in [-0.2, 0) is 14.8 Å². The number of benzene rings is 2. The number of carbonyl (C=O) groups excluding carboxylic acids is 1. The van der Waals surface area contributed by atoms with Crippen LogP contribution in [0.25, 0.3) is 0 Å². The first kappa shape index (κ1) is 17.0. The Morgan fingerprint density at radius 3 is 2.43 bits per heavy atom. The summed E-state index contributed by atoms with van der Waals surface area (Å²) in [7, 11) is -2.07. The summed E-state index contributed by atoms with van der Waals surface area (Å²) in [5.74, 6) is -0.254. The highest BCUT2D eigenvalue weighted by molar-refractivity contribution is 7.92. The van der Waals surface area contributed by atoms with Gasteiger partial charge in [0, 0.05) is 12.7 Å². The molecule has 3 N–H and O–H groups in total. The zero-order valence-electron chi connectivity index (χ0n) is 13.0. The lowest BCUT2D eigenvalue weighted by Gasteiger charge is -2.20. The molecule has 6 nitrogen and oxygen atoms in total. The van der Waals surface area contributed by atoms with Crippen molar-refractivity contribution in [3.63, 3.8) is 0 Å². The van der Waals surface area contributed by atoms with E-state index in [2.05, 4.69) is 4.72 Å². The molecule has 122 valence electrons. The summed E-state index contributed by atoms with van der Waals surface area (Å²) < 4.78 is 27.2. The number of nitrogens with zero attached hydrogens (tertiary/aromatic N) is 1. The quantitative estimate of drug-likeness (QED) is 0.871. The van der Waals surface area contributed by atoms with E-state index in [1.54, 1.807) is 43.4 Å². The zero-order chi connectivity index (χ0) is 17.0. The van der Waals surface area contributed by atoms with Crippen molar-refractivity contribution in [2.24, 2.45) is 5.73 Å². The van der Waals surface area contributed by atoms with Gasteiger partial charge in [-0.1, -0.05) is 24.3 Å². The molecule has 0 aliphatic heterocycles. The summed E-state index contributed by atoms with van der Waals surface area (Å²) in [4.78, 5) is 13.3. The minimum absolute atomic E-state index is 0.115. The molecule has 0 aliphatic rings. The Hall–Kier alpha value is -2.38. The van der Waals surface area contributed by atoms with E-state index in [0.29, 0.717) is 11.4 Å². The van der Waals surface area contributed by atoms with Gasteiger partial charge in [0.25, 0.3) is 10.0 Å². The fourth-order valence-electron chi connectivity index (χ4n) is 2.12. The maximum absolute atomic E-state index is 12.3. The van der Waals surface area contributed by atoms with Crippen molar-refractivity contribution in [3.8, 4) is 0 Å². The van der Waals surface area contributed by atoms with Crippen LogP contribution in [-0.4, -0.2) is 27.9 Å². The summed E-state index contributed by atoms with van der Waals surface area (Å²) in [6.45, 7) is 1.72. The summed E-state index contributed by atoms with van der Waals surface area (Å²) in [6.07, 6.45) is 0. The van der Waals surface area contributed by atoms with E-state index in [4.69, 9.17) is 5.73 Å². The Morgan fingerprint density at radius 2 is 1.83 bits per heavy atom. The molecule has 0 spiro atoms. The average molecular weight is 333 g/mol. The second-order valence-corrected chi connectivity index (χ2v) is 6.76. The molecule has 2 aromatic carbocycles. The van der Waals surface area contributed by atoms with Gasteiger partial charge in [-0.15, -0.1) is 0 Å². The van der Waals surface area contributed by atoms with E-state index in [9.17, 15) is 13.2 Å². The molecule has 0 atom stereocenters. The van der Waals surface area contributed by atoms with Gasteiger partial charge >= 0.3 is 0 Å². The lowest BCUT2D eigenvalue weighted by Crippen LogP contribution is -2.33. The van der Waals surface area contributed by atoms with Crippen molar-refractivity contribution in [2.45, 2.75) is 11.8 Å². The third kappa shape index (κ3) is 3.88. The first-order chi connectivity index (χ1) is 10.8. The van der Waals surface area contributed by atoms with Crippen molar-refractivity contribution >= 4 is 27.3 Å². The molecular weight excluding hydrogens is 314 g/mol. The van der Waals surface area contributed by atoms with Gasteiger partial charge in [-0.05, 0) is 36.8 Å². The molecule has 0 fully saturated rings. The minimum atomic E-state index is -3.67. The molecular formula is C16H19N3O3S. The highest BCUT2D eigenvalue weighted by atomic mass is 32.2. The van der Waals surface area contributed by atoms with Crippen molar-refractivity contribution in [3.05, 3.63) is 54.1 Å². The highest BCUT2D eigenvalue weighted by Gasteiger charge is 2.16. The summed E-state index contributed by atoms with van der Waals surface area (Å²) in [5.41, 5.74) is 7.20. The highest BCUT2D eigenvalue weighted by Crippen LogP contribution is 2.25. The monoisotopic (exact) mass is 333 g/mol. The Bertz CT molecular complexity index is 805. The minimum Gasteiger partial charge on any atom is -0.322 e. The standard InChI is InChI=1S/C16H19N3O3S/c1-12-8-9-13(10-15(12)19(2)16(20)11-17)18-23(21,22)14-6-4-3-5-7-14/h3-10,18H,11,17H2,1-2H3. The normalized spacial score (nSPS) is 11.1. The molecule has 0 bridgehead atoms. The van der Waals surface area contributed by atoms with Crippen LogP contribution in [0.1, 0.15) is 5.56 Å². The molecule has 1 amide bonds. The number of likely N-dealkylation sites (N-methyl/N-ethyl adjacent to an activating group) is 1. The van der Waals surface area contributed by atoms with Crippen LogP contribution >= 0.6 is 0 Å². The van der Waals surface area contributed by atoms with Gasteiger partial charge in [0.15, 0.2) is 0 Å². The molecule has 2 aromatic rings. The number of nitrogens with two attached hydrogens (primary N) is 1. The van der Waals surface area contributed by atoms with Gasteiger partial charge in [-0.3, -0.25) is 9.52 Å². The van der Waals surface area contributed by atoms with Gasteiger partial charge in [0.2, 0.25) is 5.91 Å². The second kappa shape index (κ2) is 6.80. The molecule has 0 radical (unpaired) electrons. The summed E-state index contributed by atoms with van der Waals surface area (Å²) >= 11 is 0. The van der Waals surface area contributed by atoms with Crippen LogP contribution in [0, 0.1) is 6.92 Å². The van der Waals surface area contributed by atoms with Crippen LogP contribution in [0.4, 0.5) is 11.4 Å². The number of nitrogens with one attached hydrogen (secondary N) is 1. The number of anilines is 2. The first-order valence-electron chi connectivity index (χ1n) is 7.00. The maximum Gasteiger partial charge on any atom is 0.261 e. The Kier molecular flexibility index (Phi) is 5.02. The number of amides is 1. The van der Waals surface area contributed by atoms with Crippen molar-refractivity contribution in [2.75, 3.05) is 23.2 Å². The van der Waals surface area contributed by atoms with Crippen molar-refractivity contribution < 1.29 is 13.2 Å². The number of hydrogen-bond acceptors (Lipinski definition) is 4. The van der Waals surface area contributed by atoms with Gasteiger partial charge < -0.3 is 10.6 Å². The fraction of sp³-hybridized carbons (Fsp3) is 0.188. The number of carbonyl (C=O) groups is 1. The topological polar surface area (TPSA) is 92.5 Å². The van der Waals surface area contributed by atoms with Crippen LogP contribution in [0.15, 0.2) is 53.4 Å². The molecule has 0 heterocycles. The number of hydrogen-bond donors (Lipinski definition) is 2. The Labute approximate surface area is 136 Å². The number of sulfonamides is 1. The third-order valence-corrected chi connectivity index (χ3v) is 4.82. The molecule has 0 saturated carbocycles. The van der Waals surface area contributed by atoms with E-state index < -0.39 is 10.0 Å². The first-order valence-corrected chi connectivity index (χ1v) is 8.48. The lowest BCUT2D eigenvalue weighted by molar-refractivity contribution is -0.117. The van der Waals surface area contributed by atoms with Gasteiger partial charge in [0.1, 0.15) is 0 Å². The number of rotatable bonds is 5. The van der Waals surface area contributed by atoms with Crippen LogP contribution in [0.3, 0.4) is 0 Å². The molecule has 0 aliphatic carbocycles. The van der Waals surface area contributed by atoms with E-state index in [0.717, 1.165) is 5.56 Å². The third-order valence-electron chi connectivity index (χ3n) is 3.42. The van der Waals surface area contributed by atoms with Gasteiger partial charge in [-0.25, -0.2) is 8.42 Å². The molecule has 7 heteroatoms. The van der Waals surface area contributed by atoms with Gasteiger partial charge in [0.05, 0.1) is 17.1 Å². The summed E-state index contributed by atoms with van der Waals surface area (Å²) in [6, 6.07) is 13.1. The predicted octanol–water partition coefficient (Wildman–Crippen LogP) is 1.72. The van der Waals surface area contributed by atoms with Crippen LogP contribution < -0.4 is 15.4 Å². The van der Waals surface area contributed by atoms with Crippen molar-refractivity contribution in [1.29, 1.82) is 0 Å². The number of aryl methyl sites for hydroxylation is 1. The predicted molar refractivity (Wildman–Crippen MR) is 90.9 cm³/mol. The van der Waals surface area contributed by atoms with E-state index in [1.165, 1.54) is 17.0 Å². The maximum atomic E-state index is 12.3. The van der Waals surface area contributed by atoms with Gasteiger partial charge in [-0.2, -0.15) is 0 Å². The van der Waals surface area contributed by atoms with E-state index >= 15 is 0 Å². The molecule has 0 saturated heterocycles. The van der Waals surface area contributed by atoms with E-state index in [-0.39, 0.29) is 17.3 Å². The molecule has 2 rings (SSSR count). The SMILES string of the molecule is Cc1ccc(NS(=O)(=O)c2ccccc2)cc1N(C)C(=O)CN. The average Bonchev–Trinajstić information content (AvgIpc) is 2.55. The second-order valence-electron chi connectivity index (χ2n) is 5.08. The summed E-state index contributed by atoms with van der Waals surface area (Å²) in [5, 5.41) is 0. The molecule has 23 heavy (non-hydrogen) atoms. The molecule has 0 aromatic heterocycles. The molecule has 0 unspecified atom stereocenters. The van der Waals surface area contributed by atoms with Crippen molar-refractivity contribution in [1.82, 2.24) is 0 Å². The smallest absolute Gasteiger partial charge is 0.261 e. The largest absolute Gasteiger partial charge is 0.322 e. The lowest BCUT2D eigenvalue weighted by atomic mass is 10.1.